The Morgan fingerprint density at radius 3 is 2.38 bits per heavy atom. The van der Waals surface area contributed by atoms with Crippen molar-refractivity contribution in [2.45, 2.75) is 6.92 Å². The molecular weight excluding hydrogens is 522 g/mol. The number of methoxy groups -OCH3 is 1. The van der Waals surface area contributed by atoms with Gasteiger partial charge in [-0.15, -0.1) is 0 Å². The minimum Gasteiger partial charge on any atom is -0.494 e. The number of aromatic nitrogens is 2. The summed E-state index contributed by atoms with van der Waals surface area (Å²) in [7, 11) is 4.62. The molecule has 0 saturated carbocycles. The molecule has 1 aliphatic heterocycles. The lowest BCUT2D eigenvalue weighted by molar-refractivity contribution is -0.129. The van der Waals surface area contributed by atoms with Crippen LogP contribution in [0.3, 0.4) is 0 Å². The second kappa shape index (κ2) is 12.0. The topological polar surface area (TPSA) is 120 Å². The Morgan fingerprint density at radius 1 is 1.00 bits per heavy atom. The summed E-state index contributed by atoms with van der Waals surface area (Å²) in [5.74, 6) is -0.119. The Morgan fingerprint density at radius 2 is 1.72 bits per heavy atom. The summed E-state index contributed by atoms with van der Waals surface area (Å²) in [5.41, 5.74) is 2.20. The molecular formula is C27H30ClN7O4. The van der Waals surface area contributed by atoms with E-state index in [0.29, 0.717) is 30.2 Å². The molecule has 2 amide bonds. The van der Waals surface area contributed by atoms with Crippen molar-refractivity contribution in [2.75, 3.05) is 62.9 Å². The fraction of sp³-hybridized carbons (Fsp3) is 0.296. The van der Waals surface area contributed by atoms with E-state index >= 15 is 0 Å². The minimum atomic E-state index is -0.654. The summed E-state index contributed by atoms with van der Waals surface area (Å²) < 4.78 is 5.62. The maximum absolute atomic E-state index is 12.7. The van der Waals surface area contributed by atoms with E-state index in [2.05, 4.69) is 25.5 Å². The summed E-state index contributed by atoms with van der Waals surface area (Å²) in [6, 6.07) is 12.4. The number of carbonyl (C=O) groups is 3. The Hall–Kier alpha value is -4.38. The lowest BCUT2D eigenvalue weighted by atomic mass is 10.1. The number of carbonyl (C=O) groups excluding carboxylic acids is 3. The van der Waals surface area contributed by atoms with Gasteiger partial charge in [0.25, 0.3) is 11.7 Å². The Kier molecular flexibility index (Phi) is 8.50. The first-order valence-electron chi connectivity index (χ1n) is 12.3. The number of piperazine rings is 1. The van der Waals surface area contributed by atoms with E-state index in [0.717, 1.165) is 18.8 Å². The first-order valence-corrected chi connectivity index (χ1v) is 12.7. The van der Waals surface area contributed by atoms with Crippen LogP contribution >= 0.6 is 11.6 Å². The average molecular weight is 552 g/mol. The minimum absolute atomic E-state index is 0.0840. The highest BCUT2D eigenvalue weighted by Gasteiger charge is 2.22. The summed E-state index contributed by atoms with van der Waals surface area (Å²) in [4.78, 5) is 50.6. The van der Waals surface area contributed by atoms with Gasteiger partial charge in [-0.25, -0.2) is 4.98 Å². The second-order valence-electron chi connectivity index (χ2n) is 9.09. The van der Waals surface area contributed by atoms with Crippen LogP contribution in [-0.2, 0) is 9.59 Å². The number of anilines is 5. The number of para-hydroxylation sites is 1. The number of Topliss-reactive ketones (excluding diaryl/α,β-unsaturated/α-hetero) is 1. The van der Waals surface area contributed by atoms with Crippen molar-refractivity contribution in [1.29, 1.82) is 0 Å². The smallest absolute Gasteiger partial charge is 0.294 e. The molecule has 2 heterocycles. The van der Waals surface area contributed by atoms with Crippen molar-refractivity contribution in [3.05, 3.63) is 59.2 Å². The van der Waals surface area contributed by atoms with E-state index in [1.54, 1.807) is 38.3 Å². The molecule has 0 spiro atoms. The van der Waals surface area contributed by atoms with Crippen LogP contribution in [0.15, 0.2) is 48.7 Å². The van der Waals surface area contributed by atoms with Gasteiger partial charge in [0.15, 0.2) is 5.82 Å². The molecule has 2 N–H and O–H groups in total. The number of nitrogens with one attached hydrogen (secondary N) is 2. The van der Waals surface area contributed by atoms with Crippen LogP contribution in [-0.4, -0.2) is 84.7 Å². The molecule has 0 radical (unpaired) electrons. The number of ether oxygens (including phenoxy) is 1. The summed E-state index contributed by atoms with van der Waals surface area (Å²) >= 11 is 6.36. The van der Waals surface area contributed by atoms with Gasteiger partial charge in [0, 0.05) is 59.0 Å². The first kappa shape index (κ1) is 27.6. The molecule has 1 saturated heterocycles. The predicted molar refractivity (Wildman–Crippen MR) is 151 cm³/mol. The van der Waals surface area contributed by atoms with E-state index in [1.807, 2.05) is 23.1 Å². The molecule has 0 bridgehead atoms. The molecule has 1 aliphatic rings. The quantitative estimate of drug-likeness (QED) is 0.320. The molecule has 0 unspecified atom stereocenters. The molecule has 3 aromatic rings. The maximum Gasteiger partial charge on any atom is 0.294 e. The van der Waals surface area contributed by atoms with Crippen molar-refractivity contribution in [2.24, 2.45) is 0 Å². The number of ketones is 1. The zero-order valence-corrected chi connectivity index (χ0v) is 23.0. The zero-order chi connectivity index (χ0) is 28.1. The molecule has 12 heteroatoms. The highest BCUT2D eigenvalue weighted by molar-refractivity contribution is 6.43. The molecule has 1 aromatic heterocycles. The van der Waals surface area contributed by atoms with Gasteiger partial charge in [0.2, 0.25) is 11.9 Å². The number of amides is 2. The molecule has 4 rings (SSSR count). The second-order valence-corrected chi connectivity index (χ2v) is 9.50. The third-order valence-electron chi connectivity index (χ3n) is 6.29. The van der Waals surface area contributed by atoms with E-state index in [1.165, 1.54) is 25.2 Å². The van der Waals surface area contributed by atoms with Gasteiger partial charge in [-0.05, 0) is 24.3 Å². The SMILES string of the molecule is COc1cc(N2CCN(C(C)=O)CC2)ccc1Nc1ncc(Cl)c(Nc2ccccc2C(=O)C(=O)N(C)C)n1. The Bertz CT molecular complexity index is 1390. The fourth-order valence-corrected chi connectivity index (χ4v) is 4.27. The zero-order valence-electron chi connectivity index (χ0n) is 22.2. The number of hydrogen-bond acceptors (Lipinski definition) is 9. The Balaban J connectivity index is 1.53. The molecule has 0 atom stereocenters. The highest BCUT2D eigenvalue weighted by atomic mass is 35.5. The number of likely N-dealkylation sites (N-methyl/N-ethyl adjacent to an activating group) is 1. The van der Waals surface area contributed by atoms with Crippen LogP contribution in [0, 0.1) is 0 Å². The fourth-order valence-electron chi connectivity index (χ4n) is 4.13. The molecule has 0 aliphatic carbocycles. The van der Waals surface area contributed by atoms with Gasteiger partial charge in [0.05, 0.1) is 30.2 Å². The largest absolute Gasteiger partial charge is 0.494 e. The van der Waals surface area contributed by atoms with Crippen LogP contribution in [0.5, 0.6) is 5.75 Å². The molecule has 2 aromatic carbocycles. The van der Waals surface area contributed by atoms with Gasteiger partial charge in [-0.1, -0.05) is 23.7 Å². The van der Waals surface area contributed by atoms with E-state index in [9.17, 15) is 14.4 Å². The third kappa shape index (κ3) is 6.37. The van der Waals surface area contributed by atoms with Crippen molar-refractivity contribution in [1.82, 2.24) is 19.8 Å². The van der Waals surface area contributed by atoms with E-state index < -0.39 is 11.7 Å². The maximum atomic E-state index is 12.7. The molecule has 1 fully saturated rings. The predicted octanol–water partition coefficient (Wildman–Crippen LogP) is 3.57. The van der Waals surface area contributed by atoms with E-state index in [4.69, 9.17) is 16.3 Å². The molecule has 11 nitrogen and oxygen atoms in total. The van der Waals surface area contributed by atoms with Gasteiger partial charge in [0.1, 0.15) is 10.8 Å². The Labute approximate surface area is 231 Å². The standard InChI is InChI=1S/C27H30ClN7O4/c1-17(36)34-11-13-35(14-12-34)18-9-10-22(23(15-18)39-4)31-27-29-16-20(28)25(32-27)30-21-8-6-5-7-19(21)24(37)26(38)33(2)3/h5-10,15-16H,11-14H2,1-4H3,(H2,29,30,31,32). The normalized spacial score (nSPS) is 13.1. The van der Waals surface area contributed by atoms with Crippen LogP contribution in [0.1, 0.15) is 17.3 Å². The van der Waals surface area contributed by atoms with Crippen LogP contribution < -0.4 is 20.3 Å². The van der Waals surface area contributed by atoms with Gasteiger partial charge in [-0.3, -0.25) is 14.4 Å². The lowest BCUT2D eigenvalue weighted by Gasteiger charge is -2.35. The number of hydrogen-bond donors (Lipinski definition) is 2. The summed E-state index contributed by atoms with van der Waals surface area (Å²) in [6.45, 7) is 4.39. The van der Waals surface area contributed by atoms with Gasteiger partial charge in [-0.2, -0.15) is 4.98 Å². The van der Waals surface area contributed by atoms with Crippen molar-refractivity contribution >= 4 is 58.0 Å². The van der Waals surface area contributed by atoms with Crippen LogP contribution in [0.25, 0.3) is 0 Å². The lowest BCUT2D eigenvalue weighted by Crippen LogP contribution is -2.48. The van der Waals surface area contributed by atoms with Gasteiger partial charge >= 0.3 is 0 Å². The first-order chi connectivity index (χ1) is 18.7. The summed E-state index contributed by atoms with van der Waals surface area (Å²) in [5, 5.41) is 6.44. The number of benzene rings is 2. The van der Waals surface area contributed by atoms with Crippen molar-refractivity contribution in [3.8, 4) is 5.75 Å². The molecule has 204 valence electrons. The summed E-state index contributed by atoms with van der Waals surface area (Å²) in [6.07, 6.45) is 1.43. The van der Waals surface area contributed by atoms with Crippen LogP contribution in [0.4, 0.5) is 28.8 Å². The number of nitrogens with zero attached hydrogens (tertiary/aromatic N) is 5. The van der Waals surface area contributed by atoms with Crippen LogP contribution in [0.2, 0.25) is 5.02 Å². The van der Waals surface area contributed by atoms with Crippen molar-refractivity contribution < 1.29 is 19.1 Å². The third-order valence-corrected chi connectivity index (χ3v) is 6.57. The van der Waals surface area contributed by atoms with E-state index in [-0.39, 0.29) is 28.3 Å². The monoisotopic (exact) mass is 551 g/mol. The molecule has 39 heavy (non-hydrogen) atoms. The highest BCUT2D eigenvalue weighted by Crippen LogP contribution is 2.33. The number of halogens is 1. The van der Waals surface area contributed by atoms with Crippen molar-refractivity contribution in [3.63, 3.8) is 0 Å². The van der Waals surface area contributed by atoms with Gasteiger partial charge < -0.3 is 30.1 Å². The number of rotatable bonds is 8. The average Bonchev–Trinajstić information content (AvgIpc) is 2.94.